The van der Waals surface area contributed by atoms with Gasteiger partial charge in [0, 0.05) is 7.05 Å². The van der Waals surface area contributed by atoms with E-state index < -0.39 is 6.04 Å². The number of fused-ring (bicyclic) bond motifs is 1. The van der Waals surface area contributed by atoms with Crippen molar-refractivity contribution in [3.8, 4) is 0 Å². The maximum absolute atomic E-state index is 13.1. The molecule has 0 bridgehead atoms. The first-order chi connectivity index (χ1) is 12.3. The van der Waals surface area contributed by atoms with Gasteiger partial charge in [0.05, 0.1) is 18.8 Å². The number of nitrogens with zero attached hydrogens (tertiary/aromatic N) is 6. The highest BCUT2D eigenvalue weighted by atomic mass is 16.2. The van der Waals surface area contributed by atoms with Crippen LogP contribution >= 0.6 is 0 Å². The van der Waals surface area contributed by atoms with E-state index in [2.05, 4.69) is 16.7 Å². The standard InChI is InChI=1S/C18H25N6O2/c1-7-8-22-14-15(19-17(22)24-13(5)9-12(4)20-24)21(6)18(26)23(16(14)25)10-11(2)3/h9,14H,2,7-8,10H2,1,3-6H3/q+1. The molecule has 3 rings (SSSR count). The summed E-state index contributed by atoms with van der Waals surface area (Å²) in [6, 6.07) is 0.971. The van der Waals surface area contributed by atoms with Gasteiger partial charge in [0.2, 0.25) is 11.9 Å². The normalized spacial score (nSPS) is 20.0. The van der Waals surface area contributed by atoms with Crippen LogP contribution in [-0.4, -0.2) is 74.1 Å². The molecule has 0 N–H and O–H groups in total. The quantitative estimate of drug-likeness (QED) is 0.603. The molecule has 1 aromatic rings. The molecule has 26 heavy (non-hydrogen) atoms. The van der Waals surface area contributed by atoms with Gasteiger partial charge in [-0.1, -0.05) is 24.1 Å². The predicted octanol–water partition coefficient (Wildman–Crippen LogP) is 1.38. The topological polar surface area (TPSA) is 73.8 Å². The summed E-state index contributed by atoms with van der Waals surface area (Å²) in [5, 5.41) is 4.51. The number of carbonyl (C=O) groups excluding carboxylic acids is 2. The molecule has 1 fully saturated rings. The fraction of sp³-hybridized carbons (Fsp3) is 0.500. The van der Waals surface area contributed by atoms with Crippen molar-refractivity contribution >= 4 is 23.7 Å². The van der Waals surface area contributed by atoms with Gasteiger partial charge in [-0.2, -0.15) is 0 Å². The molecule has 138 valence electrons. The van der Waals surface area contributed by atoms with E-state index in [0.29, 0.717) is 18.3 Å². The number of aryl methyl sites for hydroxylation is 2. The molecule has 2 aliphatic rings. The minimum absolute atomic E-state index is 0.209. The average molecular weight is 357 g/mol. The molecular formula is C18H25N6O2+. The molecule has 3 amide bonds. The van der Waals surface area contributed by atoms with Crippen LogP contribution in [0.2, 0.25) is 0 Å². The van der Waals surface area contributed by atoms with E-state index in [-0.39, 0.29) is 18.5 Å². The Morgan fingerprint density at radius 3 is 2.58 bits per heavy atom. The van der Waals surface area contributed by atoms with Crippen molar-refractivity contribution in [3.05, 3.63) is 29.6 Å². The van der Waals surface area contributed by atoms with Crippen molar-refractivity contribution in [3.63, 3.8) is 0 Å². The zero-order chi connectivity index (χ0) is 19.2. The number of imide groups is 1. The van der Waals surface area contributed by atoms with Crippen LogP contribution < -0.4 is 0 Å². The second-order valence-electron chi connectivity index (χ2n) is 6.93. The van der Waals surface area contributed by atoms with Crippen molar-refractivity contribution in [2.45, 2.75) is 40.2 Å². The third-order valence-electron chi connectivity index (χ3n) is 4.48. The number of rotatable bonds is 4. The van der Waals surface area contributed by atoms with E-state index in [1.165, 1.54) is 9.80 Å². The Balaban J connectivity index is 2.12. The van der Waals surface area contributed by atoms with Crippen LogP contribution in [0.5, 0.6) is 0 Å². The lowest BCUT2D eigenvalue weighted by atomic mass is 10.1. The Labute approximate surface area is 153 Å². The van der Waals surface area contributed by atoms with Gasteiger partial charge in [0.25, 0.3) is 5.91 Å². The van der Waals surface area contributed by atoms with Gasteiger partial charge in [-0.3, -0.25) is 14.6 Å². The maximum atomic E-state index is 13.1. The van der Waals surface area contributed by atoms with Crippen LogP contribution in [0.25, 0.3) is 0 Å². The summed E-state index contributed by atoms with van der Waals surface area (Å²) in [5.74, 6) is 0.774. The predicted molar refractivity (Wildman–Crippen MR) is 98.4 cm³/mol. The largest absolute Gasteiger partial charge is 0.421 e. The number of aromatic nitrogens is 2. The number of hydrogen-bond donors (Lipinski definition) is 0. The molecule has 0 spiro atoms. The highest BCUT2D eigenvalue weighted by molar-refractivity contribution is 6.23. The smallest absolute Gasteiger partial charge is 0.270 e. The third kappa shape index (κ3) is 2.75. The van der Waals surface area contributed by atoms with E-state index in [0.717, 1.165) is 23.4 Å². The lowest BCUT2D eigenvalue weighted by molar-refractivity contribution is -0.537. The zero-order valence-electron chi connectivity index (χ0n) is 16.0. The summed E-state index contributed by atoms with van der Waals surface area (Å²) in [6.45, 7) is 12.4. The molecule has 1 aromatic heterocycles. The summed E-state index contributed by atoms with van der Waals surface area (Å²) in [4.78, 5) is 33.1. The maximum Gasteiger partial charge on any atom is 0.421 e. The Bertz CT molecular complexity index is 863. The molecule has 0 saturated carbocycles. The molecule has 1 unspecified atom stereocenters. The Hall–Kier alpha value is -2.77. The summed E-state index contributed by atoms with van der Waals surface area (Å²) in [6.07, 6.45) is 0.841. The fourth-order valence-electron chi connectivity index (χ4n) is 3.39. The zero-order valence-corrected chi connectivity index (χ0v) is 16.0. The monoisotopic (exact) mass is 357 g/mol. The second-order valence-corrected chi connectivity index (χ2v) is 6.93. The average Bonchev–Trinajstić information content (AvgIpc) is 3.09. The number of aliphatic imine (C=N–C) groups is 1. The Kier molecular flexibility index (Phi) is 4.52. The SMILES string of the molecule is C=C(C)CN1C(=O)C2C(=NC(n3nc(C)cc3C)=[N+]2CCC)N(C)C1=O. The van der Waals surface area contributed by atoms with E-state index in [1.807, 2.05) is 31.4 Å². The molecular weight excluding hydrogens is 332 g/mol. The number of likely N-dealkylation sites (N-methyl/N-ethyl adjacent to an activating group) is 1. The third-order valence-corrected chi connectivity index (χ3v) is 4.48. The minimum Gasteiger partial charge on any atom is -0.270 e. The van der Waals surface area contributed by atoms with Crippen LogP contribution in [0.4, 0.5) is 4.79 Å². The van der Waals surface area contributed by atoms with E-state index in [9.17, 15) is 9.59 Å². The summed E-state index contributed by atoms with van der Waals surface area (Å²) in [5.41, 5.74) is 2.56. The molecule has 1 atom stereocenters. The fourth-order valence-corrected chi connectivity index (χ4v) is 3.39. The highest BCUT2D eigenvalue weighted by Crippen LogP contribution is 2.22. The molecule has 0 aromatic carbocycles. The molecule has 0 aliphatic carbocycles. The lowest BCUT2D eigenvalue weighted by Gasteiger charge is -2.34. The number of hydrogen-bond acceptors (Lipinski definition) is 4. The van der Waals surface area contributed by atoms with Gasteiger partial charge in [-0.25, -0.2) is 9.37 Å². The summed E-state index contributed by atoms with van der Waals surface area (Å²) < 4.78 is 3.68. The van der Waals surface area contributed by atoms with Crippen molar-refractivity contribution < 1.29 is 14.2 Å². The van der Waals surface area contributed by atoms with Gasteiger partial charge in [-0.15, -0.1) is 9.78 Å². The van der Waals surface area contributed by atoms with Crippen molar-refractivity contribution in [1.29, 1.82) is 0 Å². The van der Waals surface area contributed by atoms with Crippen molar-refractivity contribution in [2.75, 3.05) is 20.1 Å². The summed E-state index contributed by atoms with van der Waals surface area (Å²) >= 11 is 0. The van der Waals surface area contributed by atoms with Gasteiger partial charge >= 0.3 is 12.0 Å². The molecule has 8 nitrogen and oxygen atoms in total. The van der Waals surface area contributed by atoms with Crippen molar-refractivity contribution in [2.24, 2.45) is 4.99 Å². The number of urea groups is 1. The Morgan fingerprint density at radius 1 is 1.35 bits per heavy atom. The van der Waals surface area contributed by atoms with Crippen LogP contribution in [0.15, 0.2) is 23.2 Å². The first kappa shape index (κ1) is 18.0. The van der Waals surface area contributed by atoms with Crippen LogP contribution in [0.1, 0.15) is 31.7 Å². The molecule has 8 heteroatoms. The van der Waals surface area contributed by atoms with Crippen LogP contribution in [0.3, 0.4) is 0 Å². The highest BCUT2D eigenvalue weighted by Gasteiger charge is 2.52. The van der Waals surface area contributed by atoms with Crippen LogP contribution in [0, 0.1) is 13.8 Å². The first-order valence-electron chi connectivity index (χ1n) is 8.75. The van der Waals surface area contributed by atoms with E-state index in [4.69, 9.17) is 0 Å². The van der Waals surface area contributed by atoms with E-state index in [1.54, 1.807) is 18.7 Å². The van der Waals surface area contributed by atoms with E-state index >= 15 is 0 Å². The Morgan fingerprint density at radius 2 is 2.04 bits per heavy atom. The van der Waals surface area contributed by atoms with Gasteiger partial charge in [-0.05, 0) is 33.3 Å². The number of amidine groups is 1. The number of amides is 3. The van der Waals surface area contributed by atoms with Crippen molar-refractivity contribution in [1.82, 2.24) is 19.6 Å². The summed E-state index contributed by atoms with van der Waals surface area (Å²) in [7, 11) is 1.65. The minimum atomic E-state index is -0.615. The van der Waals surface area contributed by atoms with Gasteiger partial charge < -0.3 is 0 Å². The van der Waals surface area contributed by atoms with Gasteiger partial charge in [0.15, 0.2) is 0 Å². The molecule has 1 saturated heterocycles. The van der Waals surface area contributed by atoms with Crippen LogP contribution in [-0.2, 0) is 4.79 Å². The molecule has 2 aliphatic heterocycles. The number of carbonyl (C=O) groups is 2. The second kappa shape index (κ2) is 6.51. The lowest BCUT2D eigenvalue weighted by Crippen LogP contribution is -2.63. The van der Waals surface area contributed by atoms with Gasteiger partial charge in [0.1, 0.15) is 5.69 Å². The first-order valence-corrected chi connectivity index (χ1v) is 8.75. The molecule has 3 heterocycles. The molecule has 0 radical (unpaired) electrons.